The van der Waals surface area contributed by atoms with Gasteiger partial charge >= 0.3 is 0 Å². The lowest BCUT2D eigenvalue weighted by molar-refractivity contribution is 0.108. The first kappa shape index (κ1) is 12.8. The van der Waals surface area contributed by atoms with Crippen LogP contribution in [0.2, 0.25) is 0 Å². The third-order valence-electron chi connectivity index (χ3n) is 2.46. The standard InChI is InChI=1S/C15H15NOS/c1-3-4-10-17-14(13-8-6-5-7-9-13)15-16-12(2)11-18-15/h5-9,11,14H,10H2,1-2H3. The molecule has 0 saturated heterocycles. The molecule has 3 heteroatoms. The van der Waals surface area contributed by atoms with E-state index >= 15 is 0 Å². The highest BCUT2D eigenvalue weighted by Crippen LogP contribution is 2.28. The Morgan fingerprint density at radius 2 is 2.11 bits per heavy atom. The SMILES string of the molecule is CC#CCOC(c1ccccc1)c1nc(C)cs1. The number of aromatic nitrogens is 1. The number of aryl methyl sites for hydroxylation is 1. The molecule has 1 unspecified atom stereocenters. The number of thiazole rings is 1. The molecule has 0 amide bonds. The van der Waals surface area contributed by atoms with Gasteiger partial charge in [0.15, 0.2) is 0 Å². The first-order valence-corrected chi connectivity index (χ1v) is 6.67. The summed E-state index contributed by atoms with van der Waals surface area (Å²) in [5.74, 6) is 5.77. The molecule has 2 aromatic rings. The highest BCUT2D eigenvalue weighted by Gasteiger charge is 2.17. The van der Waals surface area contributed by atoms with Crippen LogP contribution in [0, 0.1) is 18.8 Å². The van der Waals surface area contributed by atoms with E-state index in [-0.39, 0.29) is 6.10 Å². The van der Waals surface area contributed by atoms with Gasteiger partial charge in [-0.25, -0.2) is 4.98 Å². The Morgan fingerprint density at radius 3 is 2.72 bits per heavy atom. The fourth-order valence-corrected chi connectivity index (χ4v) is 2.50. The first-order valence-electron chi connectivity index (χ1n) is 5.79. The summed E-state index contributed by atoms with van der Waals surface area (Å²) in [5, 5.41) is 3.02. The van der Waals surface area contributed by atoms with Gasteiger partial charge in [0.05, 0.1) is 0 Å². The quantitative estimate of drug-likeness (QED) is 0.781. The van der Waals surface area contributed by atoms with E-state index in [4.69, 9.17) is 4.74 Å². The normalized spacial score (nSPS) is 11.7. The lowest BCUT2D eigenvalue weighted by Gasteiger charge is -2.14. The van der Waals surface area contributed by atoms with Crippen molar-refractivity contribution in [2.75, 3.05) is 6.61 Å². The van der Waals surface area contributed by atoms with Gasteiger partial charge in [-0.2, -0.15) is 0 Å². The second-order valence-corrected chi connectivity index (χ2v) is 4.75. The van der Waals surface area contributed by atoms with E-state index < -0.39 is 0 Å². The van der Waals surface area contributed by atoms with Crippen LogP contribution in [0.3, 0.4) is 0 Å². The monoisotopic (exact) mass is 257 g/mol. The minimum atomic E-state index is -0.120. The lowest BCUT2D eigenvalue weighted by atomic mass is 10.1. The van der Waals surface area contributed by atoms with Crippen LogP contribution in [-0.2, 0) is 4.74 Å². The molecule has 1 atom stereocenters. The van der Waals surface area contributed by atoms with Gasteiger partial charge < -0.3 is 4.74 Å². The number of nitrogens with zero attached hydrogens (tertiary/aromatic N) is 1. The zero-order chi connectivity index (χ0) is 12.8. The molecule has 0 radical (unpaired) electrons. The predicted octanol–water partition coefficient (Wildman–Crippen LogP) is 3.58. The van der Waals surface area contributed by atoms with Crippen LogP contribution >= 0.6 is 11.3 Å². The fourth-order valence-electron chi connectivity index (χ4n) is 1.63. The third kappa shape index (κ3) is 3.19. The highest BCUT2D eigenvalue weighted by molar-refractivity contribution is 7.09. The van der Waals surface area contributed by atoms with E-state index in [0.717, 1.165) is 16.3 Å². The fraction of sp³-hybridized carbons (Fsp3) is 0.267. The predicted molar refractivity (Wildman–Crippen MR) is 74.5 cm³/mol. The number of rotatable bonds is 4. The summed E-state index contributed by atoms with van der Waals surface area (Å²) in [6, 6.07) is 10.1. The maximum atomic E-state index is 5.84. The molecular weight excluding hydrogens is 242 g/mol. The topological polar surface area (TPSA) is 22.1 Å². The molecule has 2 nitrogen and oxygen atoms in total. The van der Waals surface area contributed by atoms with E-state index in [1.165, 1.54) is 0 Å². The van der Waals surface area contributed by atoms with Crippen molar-refractivity contribution in [2.24, 2.45) is 0 Å². The van der Waals surface area contributed by atoms with Gasteiger partial charge in [0.25, 0.3) is 0 Å². The molecule has 0 bridgehead atoms. The van der Waals surface area contributed by atoms with Crippen molar-refractivity contribution in [1.82, 2.24) is 4.98 Å². The van der Waals surface area contributed by atoms with Crippen LogP contribution in [0.4, 0.5) is 0 Å². The van der Waals surface area contributed by atoms with Crippen molar-refractivity contribution in [3.05, 3.63) is 52.0 Å². The first-order chi connectivity index (χ1) is 8.81. The van der Waals surface area contributed by atoms with Gasteiger partial charge in [0.2, 0.25) is 0 Å². The Labute approximate surface area is 112 Å². The van der Waals surface area contributed by atoms with Crippen LogP contribution in [0.5, 0.6) is 0 Å². The van der Waals surface area contributed by atoms with Crippen LogP contribution in [0.15, 0.2) is 35.7 Å². The Kier molecular flexibility index (Phi) is 4.52. The Hall–Kier alpha value is -1.63. The molecule has 0 aliphatic heterocycles. The molecule has 0 aliphatic rings. The van der Waals surface area contributed by atoms with Gasteiger partial charge in [-0.3, -0.25) is 0 Å². The van der Waals surface area contributed by atoms with Gasteiger partial charge in [0.1, 0.15) is 17.7 Å². The molecular formula is C15H15NOS. The summed E-state index contributed by atoms with van der Waals surface area (Å²) >= 11 is 1.63. The molecule has 1 aromatic heterocycles. The maximum Gasteiger partial charge on any atom is 0.135 e. The average molecular weight is 257 g/mol. The molecule has 0 saturated carbocycles. The zero-order valence-corrected chi connectivity index (χ0v) is 11.3. The summed E-state index contributed by atoms with van der Waals surface area (Å²) < 4.78 is 5.84. The molecule has 0 fully saturated rings. The average Bonchev–Trinajstić information content (AvgIpc) is 2.82. The molecule has 1 aromatic carbocycles. The molecule has 2 rings (SSSR count). The van der Waals surface area contributed by atoms with Crippen LogP contribution in [0.25, 0.3) is 0 Å². The van der Waals surface area contributed by atoms with Gasteiger partial charge in [-0.1, -0.05) is 36.3 Å². The number of benzene rings is 1. The minimum absolute atomic E-state index is 0.120. The Morgan fingerprint density at radius 1 is 1.33 bits per heavy atom. The second kappa shape index (κ2) is 6.34. The summed E-state index contributed by atoms with van der Waals surface area (Å²) in [6.45, 7) is 4.23. The van der Waals surface area contributed by atoms with Crippen molar-refractivity contribution < 1.29 is 4.74 Å². The summed E-state index contributed by atoms with van der Waals surface area (Å²) in [4.78, 5) is 4.51. The summed E-state index contributed by atoms with van der Waals surface area (Å²) in [5.41, 5.74) is 2.14. The molecule has 1 heterocycles. The van der Waals surface area contributed by atoms with E-state index in [9.17, 15) is 0 Å². The maximum absolute atomic E-state index is 5.84. The molecule has 0 spiro atoms. The van der Waals surface area contributed by atoms with E-state index in [2.05, 4.69) is 29.0 Å². The van der Waals surface area contributed by atoms with E-state index in [0.29, 0.717) is 6.61 Å². The zero-order valence-electron chi connectivity index (χ0n) is 10.5. The molecule has 92 valence electrons. The minimum Gasteiger partial charge on any atom is -0.354 e. The van der Waals surface area contributed by atoms with Crippen LogP contribution < -0.4 is 0 Å². The molecule has 0 aliphatic carbocycles. The van der Waals surface area contributed by atoms with Crippen LogP contribution in [-0.4, -0.2) is 11.6 Å². The van der Waals surface area contributed by atoms with E-state index in [1.54, 1.807) is 11.3 Å². The van der Waals surface area contributed by atoms with Gasteiger partial charge in [-0.15, -0.1) is 17.3 Å². The van der Waals surface area contributed by atoms with Crippen molar-refractivity contribution in [1.29, 1.82) is 0 Å². The van der Waals surface area contributed by atoms with Gasteiger partial charge in [0, 0.05) is 11.1 Å². The highest BCUT2D eigenvalue weighted by atomic mass is 32.1. The third-order valence-corrected chi connectivity index (χ3v) is 3.47. The number of ether oxygens (including phenoxy) is 1. The van der Waals surface area contributed by atoms with E-state index in [1.807, 2.05) is 37.4 Å². The molecule has 0 N–H and O–H groups in total. The number of hydrogen-bond acceptors (Lipinski definition) is 3. The summed E-state index contributed by atoms with van der Waals surface area (Å²) in [7, 11) is 0. The Bertz CT molecular complexity index is 551. The van der Waals surface area contributed by atoms with Crippen molar-refractivity contribution in [3.8, 4) is 11.8 Å². The van der Waals surface area contributed by atoms with Crippen molar-refractivity contribution >= 4 is 11.3 Å². The lowest BCUT2D eigenvalue weighted by Crippen LogP contribution is -2.06. The summed E-state index contributed by atoms with van der Waals surface area (Å²) in [6.07, 6.45) is -0.120. The van der Waals surface area contributed by atoms with Crippen molar-refractivity contribution in [2.45, 2.75) is 20.0 Å². The number of hydrogen-bond donors (Lipinski definition) is 0. The van der Waals surface area contributed by atoms with Crippen LogP contribution in [0.1, 0.15) is 29.3 Å². The Balaban J connectivity index is 2.25. The smallest absolute Gasteiger partial charge is 0.135 e. The largest absolute Gasteiger partial charge is 0.354 e. The van der Waals surface area contributed by atoms with Gasteiger partial charge in [-0.05, 0) is 19.4 Å². The van der Waals surface area contributed by atoms with Crippen molar-refractivity contribution in [3.63, 3.8) is 0 Å². The second-order valence-electron chi connectivity index (χ2n) is 3.86. The molecule has 18 heavy (non-hydrogen) atoms.